The summed E-state index contributed by atoms with van der Waals surface area (Å²) in [5.74, 6) is -0.412. The van der Waals surface area contributed by atoms with Crippen molar-refractivity contribution in [2.45, 2.75) is 19.4 Å². The van der Waals surface area contributed by atoms with Gasteiger partial charge in [0, 0.05) is 0 Å². The number of amides is 1. The minimum Gasteiger partial charge on any atom is -0.508 e. The third-order valence-corrected chi connectivity index (χ3v) is 6.00. The fourth-order valence-electron chi connectivity index (χ4n) is 3.61. The summed E-state index contributed by atoms with van der Waals surface area (Å²) in [7, 11) is 0. The van der Waals surface area contributed by atoms with E-state index < -0.39 is 11.9 Å². The molecule has 29 heavy (non-hydrogen) atoms. The molecular weight excluding hydrogens is 390 g/mol. The third kappa shape index (κ3) is 2.64. The molecule has 0 fully saturated rings. The van der Waals surface area contributed by atoms with Crippen LogP contribution in [0.15, 0.2) is 57.7 Å². The maximum absolute atomic E-state index is 13.3. The van der Waals surface area contributed by atoms with E-state index in [1.807, 2.05) is 6.92 Å². The Labute approximate surface area is 168 Å². The van der Waals surface area contributed by atoms with Crippen LogP contribution in [0.4, 0.5) is 5.13 Å². The highest BCUT2D eigenvalue weighted by atomic mass is 32.1. The van der Waals surface area contributed by atoms with Gasteiger partial charge in [0.05, 0.1) is 17.0 Å². The highest BCUT2D eigenvalue weighted by Gasteiger charge is 2.45. The Balaban J connectivity index is 1.81. The van der Waals surface area contributed by atoms with Crippen molar-refractivity contribution in [3.8, 4) is 5.75 Å². The molecule has 2 aromatic carbocycles. The number of aromatic hydroxyl groups is 1. The van der Waals surface area contributed by atoms with Crippen LogP contribution in [0.25, 0.3) is 11.0 Å². The molecular formula is C21H15N3O4S. The Hall–Kier alpha value is -3.52. The first-order valence-corrected chi connectivity index (χ1v) is 9.90. The van der Waals surface area contributed by atoms with E-state index in [0.717, 1.165) is 5.01 Å². The second kappa shape index (κ2) is 6.52. The molecule has 0 aliphatic carbocycles. The lowest BCUT2D eigenvalue weighted by Gasteiger charge is -2.22. The van der Waals surface area contributed by atoms with Crippen LogP contribution >= 0.6 is 11.3 Å². The molecule has 1 atom stereocenters. The normalized spacial score (nSPS) is 15.8. The molecule has 3 heterocycles. The number of rotatable bonds is 3. The maximum Gasteiger partial charge on any atom is 0.297 e. The molecule has 2 aromatic heterocycles. The maximum atomic E-state index is 13.3. The van der Waals surface area contributed by atoms with Crippen LogP contribution in [0.2, 0.25) is 0 Å². The minimum atomic E-state index is -0.761. The number of fused-ring (bicyclic) bond motifs is 2. The van der Waals surface area contributed by atoms with Crippen molar-refractivity contribution in [3.63, 3.8) is 0 Å². The van der Waals surface area contributed by atoms with Gasteiger partial charge in [-0.2, -0.15) is 0 Å². The van der Waals surface area contributed by atoms with Crippen LogP contribution < -0.4 is 10.3 Å². The number of aromatic nitrogens is 2. The average molecular weight is 405 g/mol. The molecule has 1 aliphatic rings. The fourth-order valence-corrected chi connectivity index (χ4v) is 4.42. The number of phenols is 1. The molecule has 8 heteroatoms. The van der Waals surface area contributed by atoms with Gasteiger partial charge in [0.1, 0.15) is 16.3 Å². The van der Waals surface area contributed by atoms with Gasteiger partial charge in [-0.25, -0.2) is 0 Å². The minimum absolute atomic E-state index is 0.00436. The fraction of sp³-hybridized carbons (Fsp3) is 0.143. The molecule has 1 N–H and O–H groups in total. The SMILES string of the molecule is CCc1nnc(N2C(=O)c3oc4ccccc4c(=O)c3C2c2cccc(O)c2)s1. The molecule has 0 saturated carbocycles. The summed E-state index contributed by atoms with van der Waals surface area (Å²) < 4.78 is 5.87. The van der Waals surface area contributed by atoms with Gasteiger partial charge in [-0.05, 0) is 36.2 Å². The number of para-hydroxylation sites is 1. The molecule has 4 aromatic rings. The van der Waals surface area contributed by atoms with Crippen LogP contribution in [-0.2, 0) is 6.42 Å². The van der Waals surface area contributed by atoms with Crippen LogP contribution in [0.3, 0.4) is 0 Å². The molecule has 1 aliphatic heterocycles. The van der Waals surface area contributed by atoms with Crippen molar-refractivity contribution in [3.05, 3.63) is 80.6 Å². The molecule has 0 saturated heterocycles. The Kier molecular flexibility index (Phi) is 3.95. The number of nitrogens with zero attached hydrogens (tertiary/aromatic N) is 3. The summed E-state index contributed by atoms with van der Waals surface area (Å²) in [6, 6.07) is 12.6. The summed E-state index contributed by atoms with van der Waals surface area (Å²) in [6.45, 7) is 1.95. The summed E-state index contributed by atoms with van der Waals surface area (Å²) >= 11 is 1.29. The van der Waals surface area contributed by atoms with E-state index in [4.69, 9.17) is 4.42 Å². The molecule has 0 spiro atoms. The molecule has 144 valence electrons. The molecule has 1 unspecified atom stereocenters. The standard InChI is InChI=1S/C21H15N3O4S/c1-2-15-22-23-21(29-15)24-17(11-6-5-7-12(25)10-11)16-18(26)13-8-3-4-9-14(13)28-19(16)20(24)27/h3-10,17,25H,2H2,1H3. The van der Waals surface area contributed by atoms with Crippen LogP contribution in [0, 0.1) is 0 Å². The first kappa shape index (κ1) is 17.6. The van der Waals surface area contributed by atoms with E-state index in [1.54, 1.807) is 36.4 Å². The average Bonchev–Trinajstić information content (AvgIpc) is 3.31. The molecule has 7 nitrogen and oxygen atoms in total. The van der Waals surface area contributed by atoms with Crippen molar-refractivity contribution >= 4 is 33.3 Å². The largest absolute Gasteiger partial charge is 0.508 e. The lowest BCUT2D eigenvalue weighted by Crippen LogP contribution is -2.29. The van der Waals surface area contributed by atoms with Crippen LogP contribution in [-0.4, -0.2) is 21.2 Å². The van der Waals surface area contributed by atoms with Crippen molar-refractivity contribution in [1.29, 1.82) is 0 Å². The second-order valence-electron chi connectivity index (χ2n) is 6.67. The van der Waals surface area contributed by atoms with Gasteiger partial charge in [-0.1, -0.05) is 42.5 Å². The van der Waals surface area contributed by atoms with E-state index in [1.165, 1.54) is 28.4 Å². The topological polar surface area (TPSA) is 96.5 Å². The summed E-state index contributed by atoms with van der Waals surface area (Å²) in [4.78, 5) is 28.1. The van der Waals surface area contributed by atoms with Gasteiger partial charge in [-0.15, -0.1) is 10.2 Å². The number of anilines is 1. The Bertz CT molecular complexity index is 1330. The Morgan fingerprint density at radius 2 is 1.97 bits per heavy atom. The van der Waals surface area contributed by atoms with Crippen molar-refractivity contribution in [2.24, 2.45) is 0 Å². The van der Waals surface area contributed by atoms with E-state index in [9.17, 15) is 14.7 Å². The highest BCUT2D eigenvalue weighted by Crippen LogP contribution is 2.42. The van der Waals surface area contributed by atoms with Crippen LogP contribution in [0.1, 0.15) is 39.7 Å². The number of carbonyl (C=O) groups excluding carboxylic acids is 1. The number of carbonyl (C=O) groups is 1. The summed E-state index contributed by atoms with van der Waals surface area (Å²) in [5.41, 5.74) is 0.916. The summed E-state index contributed by atoms with van der Waals surface area (Å²) in [5, 5.41) is 19.8. The zero-order valence-corrected chi connectivity index (χ0v) is 16.1. The zero-order valence-electron chi connectivity index (χ0n) is 15.3. The van der Waals surface area contributed by atoms with Gasteiger partial charge in [0.15, 0.2) is 5.43 Å². The zero-order chi connectivity index (χ0) is 20.1. The van der Waals surface area contributed by atoms with E-state index in [-0.39, 0.29) is 22.5 Å². The van der Waals surface area contributed by atoms with Gasteiger partial charge >= 0.3 is 0 Å². The van der Waals surface area contributed by atoms with E-state index >= 15 is 0 Å². The first-order valence-electron chi connectivity index (χ1n) is 9.09. The van der Waals surface area contributed by atoms with Crippen molar-refractivity contribution in [2.75, 3.05) is 4.90 Å². The van der Waals surface area contributed by atoms with Crippen molar-refractivity contribution in [1.82, 2.24) is 10.2 Å². The Morgan fingerprint density at radius 1 is 1.14 bits per heavy atom. The Morgan fingerprint density at radius 3 is 2.72 bits per heavy atom. The molecule has 0 bridgehead atoms. The highest BCUT2D eigenvalue weighted by molar-refractivity contribution is 7.15. The molecule has 5 rings (SSSR count). The quantitative estimate of drug-likeness (QED) is 0.559. The van der Waals surface area contributed by atoms with Gasteiger partial charge in [0.2, 0.25) is 10.9 Å². The number of hydrogen-bond donors (Lipinski definition) is 1. The predicted octanol–water partition coefficient (Wildman–Crippen LogP) is 3.66. The van der Waals surface area contributed by atoms with Crippen molar-refractivity contribution < 1.29 is 14.3 Å². The van der Waals surface area contributed by atoms with E-state index in [2.05, 4.69) is 10.2 Å². The number of hydrogen-bond acceptors (Lipinski definition) is 7. The third-order valence-electron chi connectivity index (χ3n) is 4.93. The lowest BCUT2D eigenvalue weighted by atomic mass is 9.98. The second-order valence-corrected chi connectivity index (χ2v) is 7.72. The van der Waals surface area contributed by atoms with Gasteiger partial charge in [0.25, 0.3) is 5.91 Å². The summed E-state index contributed by atoms with van der Waals surface area (Å²) in [6.07, 6.45) is 0.685. The number of aryl methyl sites for hydroxylation is 1. The van der Waals surface area contributed by atoms with E-state index in [0.29, 0.717) is 28.1 Å². The first-order chi connectivity index (χ1) is 14.1. The van der Waals surface area contributed by atoms with Gasteiger partial charge in [-0.3, -0.25) is 14.5 Å². The lowest BCUT2D eigenvalue weighted by molar-refractivity contribution is 0.0970. The smallest absolute Gasteiger partial charge is 0.297 e. The number of phenolic OH excluding ortho intramolecular Hbond substituents is 1. The molecule has 1 amide bonds. The van der Waals surface area contributed by atoms with Gasteiger partial charge < -0.3 is 9.52 Å². The monoisotopic (exact) mass is 405 g/mol. The number of benzene rings is 2. The molecule has 0 radical (unpaired) electrons. The van der Waals surface area contributed by atoms with Crippen LogP contribution in [0.5, 0.6) is 5.75 Å². The predicted molar refractivity (Wildman–Crippen MR) is 109 cm³/mol.